The average Bonchev–Trinajstić information content (AvgIpc) is 2.34. The van der Waals surface area contributed by atoms with Gasteiger partial charge in [-0.1, -0.05) is 0 Å². The number of aromatic nitrogens is 2. The van der Waals surface area contributed by atoms with Crippen LogP contribution in [0.3, 0.4) is 0 Å². The molecule has 0 atom stereocenters. The van der Waals surface area contributed by atoms with Crippen LogP contribution in [0.15, 0.2) is 0 Å². The van der Waals surface area contributed by atoms with Crippen LogP contribution in [-0.2, 0) is 13.0 Å². The number of fused-ring (bicyclic) bond motifs is 1. The van der Waals surface area contributed by atoms with E-state index >= 15 is 0 Å². The number of aromatic amines is 1. The van der Waals surface area contributed by atoms with Crippen molar-refractivity contribution >= 4 is 47.4 Å². The molecule has 0 amide bonds. The summed E-state index contributed by atoms with van der Waals surface area (Å²) in [5.74, 6) is 0. The molecule has 0 fully saturated rings. The molecule has 70 valence electrons. The second kappa shape index (κ2) is 5.26. The first-order valence-electron chi connectivity index (χ1n) is 3.30. The van der Waals surface area contributed by atoms with Crippen LogP contribution in [0.5, 0.6) is 0 Å². The monoisotopic (exact) mass is 321 g/mol. The van der Waals surface area contributed by atoms with Gasteiger partial charge in [-0.25, -0.2) is 0 Å². The molecule has 12 heavy (non-hydrogen) atoms. The number of nitrogens with zero attached hydrogens (tertiary/aromatic N) is 1. The third-order valence-corrected chi connectivity index (χ3v) is 2.65. The quantitative estimate of drug-likeness (QED) is 0.711. The van der Waals surface area contributed by atoms with Crippen LogP contribution in [0.2, 0.25) is 0 Å². The molecule has 3 nitrogen and oxygen atoms in total. The number of hydrogen-bond acceptors (Lipinski definition) is 2. The summed E-state index contributed by atoms with van der Waals surface area (Å²) in [4.78, 5) is 0. The Bertz CT molecular complexity index is 251. The molecule has 2 rings (SSSR count). The Labute approximate surface area is 97.0 Å². The molecule has 0 unspecified atom stereocenters. The molecule has 0 aromatic carbocycles. The van der Waals surface area contributed by atoms with Gasteiger partial charge in [-0.2, -0.15) is 5.10 Å². The lowest BCUT2D eigenvalue weighted by Gasteiger charge is -2.10. The van der Waals surface area contributed by atoms with Gasteiger partial charge in [0.15, 0.2) is 0 Å². The third-order valence-electron chi connectivity index (χ3n) is 1.76. The van der Waals surface area contributed by atoms with E-state index in [1.165, 1.54) is 11.3 Å². The first-order chi connectivity index (χ1) is 4.88. The summed E-state index contributed by atoms with van der Waals surface area (Å²) in [6.45, 7) is 2.04. The highest BCUT2D eigenvalue weighted by Gasteiger charge is 2.13. The second-order valence-corrected chi connectivity index (χ2v) is 3.42. The van der Waals surface area contributed by atoms with Crippen molar-refractivity contribution in [2.45, 2.75) is 13.0 Å². The lowest BCUT2D eigenvalue weighted by atomic mass is 10.1. The van der Waals surface area contributed by atoms with Crippen molar-refractivity contribution in [1.82, 2.24) is 15.5 Å². The van der Waals surface area contributed by atoms with E-state index in [2.05, 4.69) is 38.1 Å². The second-order valence-electron chi connectivity index (χ2n) is 2.40. The predicted octanol–water partition coefficient (Wildman–Crippen LogP) is 1.50. The van der Waals surface area contributed by atoms with Crippen LogP contribution in [0, 0.1) is 3.70 Å². The SMILES string of the molecule is Cl.Cl.Ic1n[nH]c2c1CCNC2. The topological polar surface area (TPSA) is 40.7 Å². The molecule has 1 aliphatic heterocycles. The Morgan fingerprint density at radius 1 is 1.33 bits per heavy atom. The number of H-pyrrole nitrogens is 1. The predicted molar refractivity (Wildman–Crippen MR) is 61.2 cm³/mol. The zero-order chi connectivity index (χ0) is 6.97. The van der Waals surface area contributed by atoms with Gasteiger partial charge in [0, 0.05) is 12.1 Å². The molecule has 1 aromatic rings. The summed E-state index contributed by atoms with van der Waals surface area (Å²) >= 11 is 2.27. The molecule has 2 N–H and O–H groups in total. The summed E-state index contributed by atoms with van der Waals surface area (Å²) in [5, 5.41) is 10.4. The van der Waals surface area contributed by atoms with Crippen LogP contribution >= 0.6 is 47.4 Å². The van der Waals surface area contributed by atoms with Crippen molar-refractivity contribution < 1.29 is 0 Å². The van der Waals surface area contributed by atoms with Crippen molar-refractivity contribution in [1.29, 1.82) is 0 Å². The number of halogens is 3. The van der Waals surface area contributed by atoms with Crippen molar-refractivity contribution in [3.05, 3.63) is 15.0 Å². The van der Waals surface area contributed by atoms with Gasteiger partial charge in [-0.3, -0.25) is 5.10 Å². The minimum Gasteiger partial charge on any atom is -0.311 e. The van der Waals surface area contributed by atoms with Gasteiger partial charge in [-0.05, 0) is 35.6 Å². The summed E-state index contributed by atoms with van der Waals surface area (Å²) < 4.78 is 1.13. The molecule has 0 spiro atoms. The van der Waals surface area contributed by atoms with Crippen molar-refractivity contribution in [3.63, 3.8) is 0 Å². The zero-order valence-electron chi connectivity index (χ0n) is 6.26. The fourth-order valence-electron chi connectivity index (χ4n) is 1.20. The average molecular weight is 322 g/mol. The van der Waals surface area contributed by atoms with Crippen molar-refractivity contribution in [2.24, 2.45) is 0 Å². The molecule has 2 heterocycles. The molecule has 0 bridgehead atoms. The van der Waals surface area contributed by atoms with E-state index in [-0.39, 0.29) is 24.8 Å². The lowest BCUT2D eigenvalue weighted by molar-refractivity contribution is 0.632. The third kappa shape index (κ3) is 2.25. The summed E-state index contributed by atoms with van der Waals surface area (Å²) in [6, 6.07) is 0. The largest absolute Gasteiger partial charge is 0.311 e. The highest BCUT2D eigenvalue weighted by Crippen LogP contribution is 2.16. The van der Waals surface area contributed by atoms with E-state index in [1.807, 2.05) is 0 Å². The lowest BCUT2D eigenvalue weighted by Crippen LogP contribution is -2.23. The van der Waals surface area contributed by atoms with Gasteiger partial charge in [0.25, 0.3) is 0 Å². The molecule has 0 saturated heterocycles. The summed E-state index contributed by atoms with van der Waals surface area (Å²) in [6.07, 6.45) is 1.12. The van der Waals surface area contributed by atoms with Gasteiger partial charge in [0.05, 0.1) is 5.69 Å². The Morgan fingerprint density at radius 2 is 2.08 bits per heavy atom. The van der Waals surface area contributed by atoms with Crippen LogP contribution in [-0.4, -0.2) is 16.7 Å². The fourth-order valence-corrected chi connectivity index (χ4v) is 1.92. The van der Waals surface area contributed by atoms with Gasteiger partial charge in [-0.15, -0.1) is 24.8 Å². The van der Waals surface area contributed by atoms with Crippen LogP contribution < -0.4 is 5.32 Å². The minimum absolute atomic E-state index is 0. The first-order valence-corrected chi connectivity index (χ1v) is 4.38. The van der Waals surface area contributed by atoms with Gasteiger partial charge in [0.1, 0.15) is 3.70 Å². The maximum Gasteiger partial charge on any atom is 0.126 e. The van der Waals surface area contributed by atoms with Gasteiger partial charge < -0.3 is 5.32 Å². The summed E-state index contributed by atoms with van der Waals surface area (Å²) in [5.41, 5.74) is 2.66. The van der Waals surface area contributed by atoms with Crippen LogP contribution in [0.4, 0.5) is 0 Å². The Balaban J connectivity index is 0.000000605. The number of nitrogens with one attached hydrogen (secondary N) is 2. The molecular formula is C6H10Cl2IN3. The maximum atomic E-state index is 4.12. The summed E-state index contributed by atoms with van der Waals surface area (Å²) in [7, 11) is 0. The molecule has 0 aliphatic carbocycles. The smallest absolute Gasteiger partial charge is 0.126 e. The molecule has 1 aliphatic rings. The maximum absolute atomic E-state index is 4.12. The van der Waals surface area contributed by atoms with Crippen molar-refractivity contribution in [3.8, 4) is 0 Å². The fraction of sp³-hybridized carbons (Fsp3) is 0.500. The van der Waals surface area contributed by atoms with E-state index in [9.17, 15) is 0 Å². The zero-order valence-corrected chi connectivity index (χ0v) is 10.1. The molecule has 0 radical (unpaired) electrons. The molecule has 1 aromatic heterocycles. The standard InChI is InChI=1S/C6H8IN3.2ClH/c7-6-4-1-2-8-3-5(4)9-10-6;;/h8H,1-3H2,(H,9,10);2*1H. The van der Waals surface area contributed by atoms with Crippen LogP contribution in [0.1, 0.15) is 11.3 Å². The van der Waals surface area contributed by atoms with Gasteiger partial charge >= 0.3 is 0 Å². The molecular weight excluding hydrogens is 312 g/mol. The van der Waals surface area contributed by atoms with Crippen molar-refractivity contribution in [2.75, 3.05) is 6.54 Å². The van der Waals surface area contributed by atoms with E-state index < -0.39 is 0 Å². The number of hydrogen-bond donors (Lipinski definition) is 2. The number of rotatable bonds is 0. The normalized spacial score (nSPS) is 14.1. The Kier molecular flexibility index (Phi) is 5.47. The van der Waals surface area contributed by atoms with E-state index in [0.717, 1.165) is 23.2 Å². The van der Waals surface area contributed by atoms with Gasteiger partial charge in [0.2, 0.25) is 0 Å². The van der Waals surface area contributed by atoms with E-state index in [1.54, 1.807) is 0 Å². The van der Waals surface area contributed by atoms with Crippen LogP contribution in [0.25, 0.3) is 0 Å². The Hall–Kier alpha value is 0.480. The molecule has 0 saturated carbocycles. The highest BCUT2D eigenvalue weighted by atomic mass is 127. The molecule has 6 heteroatoms. The van der Waals surface area contributed by atoms with E-state index in [0.29, 0.717) is 0 Å². The Morgan fingerprint density at radius 3 is 2.75 bits per heavy atom. The van der Waals surface area contributed by atoms with E-state index in [4.69, 9.17) is 0 Å². The highest BCUT2D eigenvalue weighted by molar-refractivity contribution is 14.1. The first kappa shape index (κ1) is 12.5. The minimum atomic E-state index is 0.